The van der Waals surface area contributed by atoms with Crippen molar-refractivity contribution in [1.29, 1.82) is 0 Å². The number of aromatic nitrogens is 2. The molecule has 1 N–H and O–H groups in total. The molecule has 0 unspecified atom stereocenters. The Hall–Kier alpha value is -2.87. The highest BCUT2D eigenvalue weighted by Crippen LogP contribution is 2.27. The van der Waals surface area contributed by atoms with E-state index >= 15 is 0 Å². The van der Waals surface area contributed by atoms with Crippen LogP contribution >= 0.6 is 11.3 Å². The molecular formula is C19H21N5O2S. The van der Waals surface area contributed by atoms with Gasteiger partial charge in [-0.1, -0.05) is 26.5 Å². The fraction of sp³-hybridized carbons (Fsp3) is 0.316. The molecule has 0 bridgehead atoms. The van der Waals surface area contributed by atoms with Crippen LogP contribution < -0.4 is 5.32 Å². The molecule has 1 aliphatic heterocycles. The van der Waals surface area contributed by atoms with Crippen molar-refractivity contribution in [2.45, 2.75) is 33.6 Å². The van der Waals surface area contributed by atoms with Gasteiger partial charge in [-0.3, -0.25) is 9.59 Å². The van der Waals surface area contributed by atoms with E-state index in [9.17, 15) is 9.59 Å². The van der Waals surface area contributed by atoms with E-state index < -0.39 is 5.91 Å². The largest absolute Gasteiger partial charge is 0.310 e. The molecule has 7 nitrogen and oxygen atoms in total. The van der Waals surface area contributed by atoms with E-state index in [1.165, 1.54) is 16.0 Å². The molecule has 27 heavy (non-hydrogen) atoms. The van der Waals surface area contributed by atoms with Crippen molar-refractivity contribution in [3.05, 3.63) is 35.7 Å². The predicted octanol–water partition coefficient (Wildman–Crippen LogP) is 3.75. The average molecular weight is 383 g/mol. The summed E-state index contributed by atoms with van der Waals surface area (Å²) in [6, 6.07) is 5.64. The number of anilines is 1. The first-order valence-corrected chi connectivity index (χ1v) is 9.65. The lowest BCUT2D eigenvalue weighted by molar-refractivity contribution is -0.120. The maximum absolute atomic E-state index is 12.6. The topological polar surface area (TPSA) is 88.7 Å². The molecule has 0 spiro atoms. The van der Waals surface area contributed by atoms with E-state index in [-0.39, 0.29) is 23.4 Å². The first-order valence-electron chi connectivity index (χ1n) is 8.77. The van der Waals surface area contributed by atoms with Crippen molar-refractivity contribution >= 4 is 40.6 Å². The molecule has 1 aliphatic rings. The van der Waals surface area contributed by atoms with Gasteiger partial charge in [-0.25, -0.2) is 4.99 Å². The SMILES string of the molecule is C=C1C(=O)N=C(n2nc(-c3cccs3)cc2NC(=O)C(CC)CC)N=C1C. The molecule has 0 saturated heterocycles. The zero-order chi connectivity index (χ0) is 19.6. The normalized spacial score (nSPS) is 14.4. The van der Waals surface area contributed by atoms with E-state index in [0.717, 1.165) is 17.7 Å². The molecule has 3 rings (SSSR count). The molecule has 2 aromatic heterocycles. The van der Waals surface area contributed by atoms with Gasteiger partial charge < -0.3 is 5.32 Å². The van der Waals surface area contributed by atoms with Crippen LogP contribution in [0.5, 0.6) is 0 Å². The lowest BCUT2D eigenvalue weighted by atomic mass is 10.0. The maximum Gasteiger partial charge on any atom is 0.281 e. The fourth-order valence-corrected chi connectivity index (χ4v) is 3.39. The highest BCUT2D eigenvalue weighted by Gasteiger charge is 2.24. The van der Waals surface area contributed by atoms with Gasteiger partial charge in [0.1, 0.15) is 11.5 Å². The number of hydrogen-bond donors (Lipinski definition) is 1. The van der Waals surface area contributed by atoms with Gasteiger partial charge in [-0.15, -0.1) is 11.3 Å². The molecule has 0 atom stereocenters. The number of nitrogens with zero attached hydrogens (tertiary/aromatic N) is 4. The molecule has 0 radical (unpaired) electrons. The third-order valence-electron chi connectivity index (χ3n) is 4.44. The van der Waals surface area contributed by atoms with Crippen molar-refractivity contribution in [2.24, 2.45) is 15.9 Å². The molecule has 0 aromatic carbocycles. The molecular weight excluding hydrogens is 362 g/mol. The zero-order valence-corrected chi connectivity index (χ0v) is 16.3. The minimum Gasteiger partial charge on any atom is -0.310 e. The summed E-state index contributed by atoms with van der Waals surface area (Å²) < 4.78 is 1.41. The summed E-state index contributed by atoms with van der Waals surface area (Å²) in [6.45, 7) is 9.33. The van der Waals surface area contributed by atoms with Gasteiger partial charge in [0.2, 0.25) is 5.91 Å². The molecule has 3 heterocycles. The summed E-state index contributed by atoms with van der Waals surface area (Å²) >= 11 is 1.54. The van der Waals surface area contributed by atoms with Gasteiger partial charge in [-0.2, -0.15) is 14.8 Å². The molecule has 0 saturated carbocycles. The number of hydrogen-bond acceptors (Lipinski definition) is 5. The van der Waals surface area contributed by atoms with Crippen molar-refractivity contribution in [3.8, 4) is 10.6 Å². The minimum absolute atomic E-state index is 0.0910. The highest BCUT2D eigenvalue weighted by atomic mass is 32.1. The zero-order valence-electron chi connectivity index (χ0n) is 15.5. The van der Waals surface area contributed by atoms with E-state index in [0.29, 0.717) is 17.2 Å². The summed E-state index contributed by atoms with van der Waals surface area (Å²) in [6.07, 6.45) is 1.48. The Morgan fingerprint density at radius 3 is 2.67 bits per heavy atom. The van der Waals surface area contributed by atoms with Crippen LogP contribution in [-0.4, -0.2) is 33.3 Å². The average Bonchev–Trinajstić information content (AvgIpc) is 3.30. The van der Waals surface area contributed by atoms with Crippen molar-refractivity contribution in [2.75, 3.05) is 5.32 Å². The third kappa shape index (κ3) is 3.80. The first-order chi connectivity index (χ1) is 12.9. The number of rotatable bonds is 5. The van der Waals surface area contributed by atoms with E-state index in [4.69, 9.17) is 0 Å². The molecule has 8 heteroatoms. The maximum atomic E-state index is 12.6. The van der Waals surface area contributed by atoms with Gasteiger partial charge in [0, 0.05) is 12.0 Å². The molecule has 2 amide bonds. The van der Waals surface area contributed by atoms with Crippen LogP contribution in [0.15, 0.2) is 45.7 Å². The monoisotopic (exact) mass is 383 g/mol. The van der Waals surface area contributed by atoms with Crippen LogP contribution in [0, 0.1) is 5.92 Å². The predicted molar refractivity (Wildman–Crippen MR) is 108 cm³/mol. The standard InChI is InChI=1S/C19H21N5O2S/c1-5-13(6-2)18(26)21-16-10-14(15-8-7-9-27-15)23-24(16)19-20-12(4)11(3)17(25)22-19/h7-10,13H,3,5-6H2,1-2,4H3,(H,21,26). The lowest BCUT2D eigenvalue weighted by Gasteiger charge is -2.15. The van der Waals surface area contributed by atoms with E-state index in [2.05, 4.69) is 27.0 Å². The van der Waals surface area contributed by atoms with Crippen LogP contribution in [0.25, 0.3) is 10.6 Å². The second kappa shape index (κ2) is 7.79. The summed E-state index contributed by atoms with van der Waals surface area (Å²) in [4.78, 5) is 33.9. The summed E-state index contributed by atoms with van der Waals surface area (Å²) in [5.41, 5.74) is 1.42. The van der Waals surface area contributed by atoms with Gasteiger partial charge in [0.05, 0.1) is 16.2 Å². The van der Waals surface area contributed by atoms with Crippen LogP contribution in [0.4, 0.5) is 5.82 Å². The van der Waals surface area contributed by atoms with Crippen LogP contribution in [0.2, 0.25) is 0 Å². The fourth-order valence-electron chi connectivity index (χ4n) is 2.71. The number of amides is 2. The van der Waals surface area contributed by atoms with E-state index in [1.807, 2.05) is 31.4 Å². The Morgan fingerprint density at radius 1 is 1.33 bits per heavy atom. The summed E-state index contributed by atoms with van der Waals surface area (Å²) in [5.74, 6) is -0.0911. The molecule has 0 fully saturated rings. The Kier molecular flexibility index (Phi) is 5.46. The quantitative estimate of drug-likeness (QED) is 0.798. The Labute approximate surface area is 161 Å². The Balaban J connectivity index is 2.04. The van der Waals surface area contributed by atoms with Gasteiger partial charge in [0.25, 0.3) is 11.9 Å². The van der Waals surface area contributed by atoms with Crippen LogP contribution in [-0.2, 0) is 9.59 Å². The van der Waals surface area contributed by atoms with Crippen molar-refractivity contribution < 1.29 is 9.59 Å². The molecule has 2 aromatic rings. The third-order valence-corrected chi connectivity index (χ3v) is 5.34. The second-order valence-electron chi connectivity index (χ2n) is 6.20. The Bertz CT molecular complexity index is 949. The van der Waals surface area contributed by atoms with Gasteiger partial charge >= 0.3 is 0 Å². The summed E-state index contributed by atoms with van der Waals surface area (Å²) in [5, 5.41) is 9.39. The number of nitrogens with one attached hydrogen (secondary N) is 1. The smallest absolute Gasteiger partial charge is 0.281 e. The van der Waals surface area contributed by atoms with Crippen LogP contribution in [0.1, 0.15) is 33.6 Å². The van der Waals surface area contributed by atoms with Crippen molar-refractivity contribution in [3.63, 3.8) is 0 Å². The highest BCUT2D eigenvalue weighted by molar-refractivity contribution is 7.13. The summed E-state index contributed by atoms with van der Waals surface area (Å²) in [7, 11) is 0. The van der Waals surface area contributed by atoms with E-state index in [1.54, 1.807) is 13.0 Å². The number of thiophene rings is 1. The lowest BCUT2D eigenvalue weighted by Crippen LogP contribution is -2.27. The van der Waals surface area contributed by atoms with Gasteiger partial charge in [0.15, 0.2) is 0 Å². The van der Waals surface area contributed by atoms with Gasteiger partial charge in [-0.05, 0) is 31.2 Å². The van der Waals surface area contributed by atoms with Crippen LogP contribution in [0.3, 0.4) is 0 Å². The van der Waals surface area contributed by atoms with Crippen molar-refractivity contribution in [1.82, 2.24) is 9.78 Å². The number of carbonyl (C=O) groups excluding carboxylic acids is 2. The molecule has 0 aliphatic carbocycles. The molecule has 140 valence electrons. The Morgan fingerprint density at radius 2 is 2.07 bits per heavy atom. The second-order valence-corrected chi connectivity index (χ2v) is 7.15. The minimum atomic E-state index is -0.456. The number of aliphatic imine (C=N–C) groups is 2. The number of carbonyl (C=O) groups is 2. The first kappa shape index (κ1) is 18.9.